The van der Waals surface area contributed by atoms with Crippen LogP contribution in [-0.4, -0.2) is 37.2 Å². The van der Waals surface area contributed by atoms with Crippen molar-refractivity contribution in [3.63, 3.8) is 0 Å². The largest absolute Gasteiger partial charge is 0.370 e. The Hall–Kier alpha value is -2.33. The van der Waals surface area contributed by atoms with E-state index in [1.807, 2.05) is 53.4 Å². The smallest absolute Gasteiger partial charge is 0.317 e. The molecule has 0 saturated carbocycles. The third-order valence-electron chi connectivity index (χ3n) is 4.29. The monoisotopic (exact) mass is 324 g/mol. The lowest BCUT2D eigenvalue weighted by molar-refractivity contribution is -0.0154. The predicted octanol–water partition coefficient (Wildman–Crippen LogP) is 3.40. The summed E-state index contributed by atoms with van der Waals surface area (Å²) in [7, 11) is 0. The first-order valence-electron chi connectivity index (χ1n) is 8.56. The molecule has 1 atom stereocenters. The number of aryl methyl sites for hydroxylation is 1. The van der Waals surface area contributed by atoms with Gasteiger partial charge in [-0.05, 0) is 24.0 Å². The minimum atomic E-state index is -0.0324. The van der Waals surface area contributed by atoms with E-state index in [0.717, 1.165) is 18.4 Å². The van der Waals surface area contributed by atoms with Crippen molar-refractivity contribution in [2.24, 2.45) is 0 Å². The van der Waals surface area contributed by atoms with E-state index in [1.54, 1.807) is 0 Å². The lowest BCUT2D eigenvalue weighted by Gasteiger charge is -2.33. The van der Waals surface area contributed by atoms with Gasteiger partial charge in [-0.1, -0.05) is 60.7 Å². The summed E-state index contributed by atoms with van der Waals surface area (Å²) in [6.07, 6.45) is 1.90. The lowest BCUT2D eigenvalue weighted by Crippen LogP contribution is -2.47. The van der Waals surface area contributed by atoms with Crippen molar-refractivity contribution < 1.29 is 9.53 Å². The van der Waals surface area contributed by atoms with Gasteiger partial charge < -0.3 is 15.0 Å². The maximum Gasteiger partial charge on any atom is 0.317 e. The van der Waals surface area contributed by atoms with Crippen LogP contribution in [-0.2, 0) is 11.2 Å². The van der Waals surface area contributed by atoms with E-state index in [9.17, 15) is 4.79 Å². The van der Waals surface area contributed by atoms with Crippen molar-refractivity contribution >= 4 is 6.03 Å². The zero-order valence-electron chi connectivity index (χ0n) is 13.9. The van der Waals surface area contributed by atoms with E-state index in [4.69, 9.17) is 4.74 Å². The minimum absolute atomic E-state index is 0.00675. The number of urea groups is 1. The quantitative estimate of drug-likeness (QED) is 0.857. The molecule has 4 heteroatoms. The standard InChI is InChI=1S/C20H24N2O2/c23-20(21-13-7-10-17-8-3-1-4-9-17)22-14-15-24-19(16-22)18-11-5-2-6-12-18/h1-6,8-9,11-12,19H,7,10,13-16H2,(H,21,23). The van der Waals surface area contributed by atoms with Crippen LogP contribution < -0.4 is 5.32 Å². The summed E-state index contributed by atoms with van der Waals surface area (Å²) in [4.78, 5) is 14.2. The van der Waals surface area contributed by atoms with E-state index < -0.39 is 0 Å². The van der Waals surface area contributed by atoms with Gasteiger partial charge in [0.1, 0.15) is 6.10 Å². The highest BCUT2D eigenvalue weighted by atomic mass is 16.5. The van der Waals surface area contributed by atoms with Gasteiger partial charge in [-0.15, -0.1) is 0 Å². The third kappa shape index (κ3) is 4.59. The van der Waals surface area contributed by atoms with Crippen LogP contribution in [0.25, 0.3) is 0 Å². The Morgan fingerprint density at radius 1 is 1.08 bits per heavy atom. The number of hydrogen-bond donors (Lipinski definition) is 1. The van der Waals surface area contributed by atoms with Gasteiger partial charge in [-0.25, -0.2) is 4.79 Å². The van der Waals surface area contributed by atoms with Gasteiger partial charge in [0.15, 0.2) is 0 Å². The zero-order chi connectivity index (χ0) is 16.6. The van der Waals surface area contributed by atoms with Crippen LogP contribution in [0.3, 0.4) is 0 Å². The molecule has 1 aliphatic heterocycles. The first kappa shape index (κ1) is 16.5. The number of nitrogens with zero attached hydrogens (tertiary/aromatic N) is 1. The van der Waals surface area contributed by atoms with E-state index in [1.165, 1.54) is 5.56 Å². The Bertz CT molecular complexity index is 631. The Balaban J connectivity index is 1.43. The molecule has 1 fully saturated rings. The van der Waals surface area contributed by atoms with Crippen LogP contribution in [0, 0.1) is 0 Å². The zero-order valence-corrected chi connectivity index (χ0v) is 13.9. The molecule has 0 aliphatic carbocycles. The fourth-order valence-electron chi connectivity index (χ4n) is 2.95. The molecule has 1 heterocycles. The summed E-state index contributed by atoms with van der Waals surface area (Å²) in [5.41, 5.74) is 2.43. The number of carbonyl (C=O) groups excluding carboxylic acids is 1. The van der Waals surface area contributed by atoms with Crippen molar-refractivity contribution in [3.05, 3.63) is 71.8 Å². The SMILES string of the molecule is O=C(NCCCc1ccccc1)N1CCOC(c2ccccc2)C1. The number of rotatable bonds is 5. The summed E-state index contributed by atoms with van der Waals surface area (Å²) in [5.74, 6) is 0. The number of morpholine rings is 1. The number of amides is 2. The first-order valence-corrected chi connectivity index (χ1v) is 8.56. The molecule has 0 aromatic heterocycles. The van der Waals surface area contributed by atoms with Crippen molar-refractivity contribution in [2.45, 2.75) is 18.9 Å². The Morgan fingerprint density at radius 2 is 1.79 bits per heavy atom. The molecular weight excluding hydrogens is 300 g/mol. The van der Waals surface area contributed by atoms with E-state index >= 15 is 0 Å². The summed E-state index contributed by atoms with van der Waals surface area (Å²) >= 11 is 0. The summed E-state index contributed by atoms with van der Waals surface area (Å²) in [6.45, 7) is 2.53. The topological polar surface area (TPSA) is 41.6 Å². The number of benzene rings is 2. The van der Waals surface area contributed by atoms with Crippen molar-refractivity contribution in [3.8, 4) is 0 Å². The highest BCUT2D eigenvalue weighted by Crippen LogP contribution is 2.21. The van der Waals surface area contributed by atoms with Crippen LogP contribution in [0.15, 0.2) is 60.7 Å². The number of carbonyl (C=O) groups is 1. The van der Waals surface area contributed by atoms with Gasteiger partial charge in [-0.3, -0.25) is 0 Å². The summed E-state index contributed by atoms with van der Waals surface area (Å²) in [5, 5.41) is 3.03. The van der Waals surface area contributed by atoms with Crippen LogP contribution in [0.5, 0.6) is 0 Å². The molecule has 1 aliphatic rings. The van der Waals surface area contributed by atoms with Gasteiger partial charge in [0.25, 0.3) is 0 Å². The second kappa shape index (κ2) is 8.50. The van der Waals surface area contributed by atoms with Crippen LogP contribution in [0.2, 0.25) is 0 Å². The van der Waals surface area contributed by atoms with E-state index in [-0.39, 0.29) is 12.1 Å². The maximum absolute atomic E-state index is 12.3. The number of ether oxygens (including phenoxy) is 1. The molecule has 0 radical (unpaired) electrons. The normalized spacial score (nSPS) is 17.5. The molecule has 2 amide bonds. The van der Waals surface area contributed by atoms with Crippen molar-refractivity contribution in [2.75, 3.05) is 26.2 Å². The second-order valence-corrected chi connectivity index (χ2v) is 6.04. The molecule has 1 saturated heterocycles. The number of hydrogen-bond acceptors (Lipinski definition) is 2. The molecule has 4 nitrogen and oxygen atoms in total. The predicted molar refractivity (Wildman–Crippen MR) is 94.9 cm³/mol. The van der Waals surface area contributed by atoms with E-state index in [0.29, 0.717) is 26.2 Å². The molecule has 2 aromatic carbocycles. The fraction of sp³-hybridized carbons (Fsp3) is 0.350. The minimum Gasteiger partial charge on any atom is -0.370 e. The first-order chi connectivity index (χ1) is 11.8. The van der Waals surface area contributed by atoms with Crippen LogP contribution in [0.4, 0.5) is 4.79 Å². The molecule has 2 aromatic rings. The summed E-state index contributed by atoms with van der Waals surface area (Å²) < 4.78 is 5.81. The van der Waals surface area contributed by atoms with Gasteiger partial charge in [0.05, 0.1) is 13.2 Å². The highest BCUT2D eigenvalue weighted by molar-refractivity contribution is 5.74. The summed E-state index contributed by atoms with van der Waals surface area (Å²) in [6, 6.07) is 20.4. The second-order valence-electron chi connectivity index (χ2n) is 6.04. The van der Waals surface area contributed by atoms with Gasteiger partial charge in [0, 0.05) is 13.1 Å². The molecule has 1 N–H and O–H groups in total. The Kier molecular flexibility index (Phi) is 5.85. The Morgan fingerprint density at radius 3 is 2.54 bits per heavy atom. The van der Waals surface area contributed by atoms with Crippen LogP contribution >= 0.6 is 0 Å². The lowest BCUT2D eigenvalue weighted by atomic mass is 10.1. The molecule has 0 spiro atoms. The molecule has 24 heavy (non-hydrogen) atoms. The fourth-order valence-corrected chi connectivity index (χ4v) is 2.95. The molecule has 3 rings (SSSR count). The molecular formula is C20H24N2O2. The van der Waals surface area contributed by atoms with Crippen LogP contribution in [0.1, 0.15) is 23.7 Å². The highest BCUT2D eigenvalue weighted by Gasteiger charge is 2.24. The maximum atomic E-state index is 12.3. The van der Waals surface area contributed by atoms with Crippen molar-refractivity contribution in [1.29, 1.82) is 0 Å². The van der Waals surface area contributed by atoms with E-state index in [2.05, 4.69) is 17.4 Å². The average molecular weight is 324 g/mol. The number of nitrogens with one attached hydrogen (secondary N) is 1. The van der Waals surface area contributed by atoms with Crippen molar-refractivity contribution in [1.82, 2.24) is 10.2 Å². The van der Waals surface area contributed by atoms with Gasteiger partial charge in [0.2, 0.25) is 0 Å². The van der Waals surface area contributed by atoms with Gasteiger partial charge >= 0.3 is 6.03 Å². The molecule has 0 bridgehead atoms. The molecule has 126 valence electrons. The third-order valence-corrected chi connectivity index (χ3v) is 4.29. The van der Waals surface area contributed by atoms with Gasteiger partial charge in [-0.2, -0.15) is 0 Å². The molecule has 1 unspecified atom stereocenters. The average Bonchev–Trinajstić information content (AvgIpc) is 2.67. The Labute approximate surface area is 143 Å².